The molecular weight excluding hydrogens is 446 g/mol. The average Bonchev–Trinajstić information content (AvgIpc) is 3.17. The van der Waals surface area contributed by atoms with Gasteiger partial charge in [0.2, 0.25) is 5.91 Å². The molecule has 8 heteroatoms. The molecule has 2 aliphatic carbocycles. The van der Waals surface area contributed by atoms with E-state index in [1.807, 2.05) is 24.3 Å². The fourth-order valence-corrected chi connectivity index (χ4v) is 4.89. The molecule has 2 aromatic carbocycles. The van der Waals surface area contributed by atoms with Crippen LogP contribution in [0.1, 0.15) is 55.6 Å². The fourth-order valence-electron chi connectivity index (χ4n) is 4.89. The summed E-state index contributed by atoms with van der Waals surface area (Å²) < 4.78 is 10.3. The molecule has 186 valence electrons. The maximum absolute atomic E-state index is 12.4. The van der Waals surface area contributed by atoms with Crippen molar-refractivity contribution in [3.05, 3.63) is 59.7 Å². The Morgan fingerprint density at radius 2 is 1.66 bits per heavy atom. The van der Waals surface area contributed by atoms with Gasteiger partial charge in [-0.25, -0.2) is 9.59 Å². The Kier molecular flexibility index (Phi) is 7.70. The molecule has 0 aromatic heterocycles. The molecule has 0 heterocycles. The molecular formula is C27H33N3O5. The number of alkyl carbamates (subject to hydrolysis) is 1. The summed E-state index contributed by atoms with van der Waals surface area (Å²) in [7, 11) is 1.32. The maximum Gasteiger partial charge on any atom is 0.407 e. The second-order valence-corrected chi connectivity index (χ2v) is 9.27. The van der Waals surface area contributed by atoms with Crippen LogP contribution in [0.25, 0.3) is 11.1 Å². The van der Waals surface area contributed by atoms with Crippen molar-refractivity contribution < 1.29 is 23.9 Å². The fraction of sp³-hybridized carbons (Fsp3) is 0.444. The lowest BCUT2D eigenvalue weighted by Crippen LogP contribution is -2.62. The van der Waals surface area contributed by atoms with E-state index in [0.29, 0.717) is 38.6 Å². The zero-order valence-electron chi connectivity index (χ0n) is 20.0. The van der Waals surface area contributed by atoms with Gasteiger partial charge >= 0.3 is 12.1 Å². The van der Waals surface area contributed by atoms with Crippen molar-refractivity contribution in [1.82, 2.24) is 10.6 Å². The highest BCUT2D eigenvalue weighted by Gasteiger charge is 2.47. The number of unbranched alkanes of at least 4 members (excludes halogenated alkanes) is 1. The molecule has 0 bridgehead atoms. The van der Waals surface area contributed by atoms with Crippen LogP contribution >= 0.6 is 0 Å². The molecule has 0 aliphatic heterocycles. The quantitative estimate of drug-likeness (QED) is 0.356. The van der Waals surface area contributed by atoms with E-state index in [1.54, 1.807) is 0 Å². The lowest BCUT2D eigenvalue weighted by atomic mass is 9.76. The summed E-state index contributed by atoms with van der Waals surface area (Å²) in [6.07, 6.45) is 3.32. The van der Waals surface area contributed by atoms with E-state index < -0.39 is 23.6 Å². The second kappa shape index (κ2) is 10.9. The van der Waals surface area contributed by atoms with Gasteiger partial charge < -0.3 is 25.8 Å². The minimum absolute atomic E-state index is 0.0219. The van der Waals surface area contributed by atoms with Crippen LogP contribution in [0, 0.1) is 0 Å². The number of hydrogen-bond acceptors (Lipinski definition) is 6. The van der Waals surface area contributed by atoms with Crippen molar-refractivity contribution in [2.75, 3.05) is 20.3 Å². The van der Waals surface area contributed by atoms with Crippen LogP contribution in [0.15, 0.2) is 48.5 Å². The van der Waals surface area contributed by atoms with Crippen molar-refractivity contribution >= 4 is 18.0 Å². The van der Waals surface area contributed by atoms with Crippen LogP contribution in [0.3, 0.4) is 0 Å². The highest BCUT2D eigenvalue weighted by Crippen LogP contribution is 2.44. The zero-order chi connectivity index (χ0) is 24.8. The second-order valence-electron chi connectivity index (χ2n) is 9.27. The van der Waals surface area contributed by atoms with Crippen molar-refractivity contribution in [2.24, 2.45) is 5.73 Å². The molecule has 0 unspecified atom stereocenters. The Bertz CT molecular complexity index is 1040. The van der Waals surface area contributed by atoms with E-state index >= 15 is 0 Å². The molecule has 4 rings (SSSR count). The number of hydrogen-bond donors (Lipinski definition) is 3. The van der Waals surface area contributed by atoms with Gasteiger partial charge in [0.05, 0.1) is 13.2 Å². The number of fused-ring (bicyclic) bond motifs is 3. The van der Waals surface area contributed by atoms with E-state index in [2.05, 4.69) is 34.9 Å². The molecule has 1 saturated carbocycles. The molecule has 8 nitrogen and oxygen atoms in total. The molecule has 0 spiro atoms. The summed E-state index contributed by atoms with van der Waals surface area (Å²) in [5.74, 6) is -0.746. The third kappa shape index (κ3) is 5.32. The number of amides is 2. The van der Waals surface area contributed by atoms with E-state index in [1.165, 1.54) is 29.4 Å². The first-order chi connectivity index (χ1) is 16.9. The van der Waals surface area contributed by atoms with E-state index in [9.17, 15) is 14.4 Å². The normalized spacial score (nSPS) is 16.3. The molecule has 4 N–H and O–H groups in total. The zero-order valence-corrected chi connectivity index (χ0v) is 20.0. The maximum atomic E-state index is 12.4. The summed E-state index contributed by atoms with van der Waals surface area (Å²) >= 11 is 0. The number of ether oxygens (including phenoxy) is 2. The lowest BCUT2D eigenvalue weighted by Gasteiger charge is -2.39. The summed E-state index contributed by atoms with van der Waals surface area (Å²) in [5, 5.41) is 5.54. The smallest absolute Gasteiger partial charge is 0.407 e. The van der Waals surface area contributed by atoms with E-state index in [0.717, 1.165) is 6.42 Å². The van der Waals surface area contributed by atoms with Crippen LogP contribution in [0.2, 0.25) is 0 Å². The molecule has 0 radical (unpaired) electrons. The topological polar surface area (TPSA) is 120 Å². The van der Waals surface area contributed by atoms with Gasteiger partial charge in [-0.05, 0) is 60.8 Å². The Hall–Kier alpha value is -3.39. The van der Waals surface area contributed by atoms with Crippen LogP contribution in [0.5, 0.6) is 0 Å². The Balaban J connectivity index is 1.16. The van der Waals surface area contributed by atoms with Gasteiger partial charge in [-0.3, -0.25) is 4.79 Å². The number of methoxy groups -OCH3 is 1. The number of carbonyl (C=O) groups is 3. The third-order valence-corrected chi connectivity index (χ3v) is 7.04. The summed E-state index contributed by atoms with van der Waals surface area (Å²) in [6.45, 7) is 0.698. The van der Waals surface area contributed by atoms with Gasteiger partial charge in [0.1, 0.15) is 12.1 Å². The van der Waals surface area contributed by atoms with Crippen molar-refractivity contribution in [3.63, 3.8) is 0 Å². The number of benzene rings is 2. The minimum atomic E-state index is -0.922. The van der Waals surface area contributed by atoms with E-state index in [-0.39, 0.29) is 18.4 Å². The number of nitrogens with two attached hydrogens (primary N) is 1. The monoisotopic (exact) mass is 479 g/mol. The van der Waals surface area contributed by atoms with Crippen molar-refractivity contribution in [1.29, 1.82) is 0 Å². The predicted octanol–water partition coefficient (Wildman–Crippen LogP) is 3.23. The molecule has 2 amide bonds. The van der Waals surface area contributed by atoms with Crippen molar-refractivity contribution in [2.45, 2.75) is 56.0 Å². The average molecular weight is 480 g/mol. The Morgan fingerprint density at radius 3 is 2.23 bits per heavy atom. The Labute approximate surface area is 205 Å². The number of esters is 1. The molecule has 2 aliphatic rings. The molecule has 0 saturated heterocycles. The summed E-state index contributed by atoms with van der Waals surface area (Å²) in [6, 6.07) is 15.7. The lowest BCUT2D eigenvalue weighted by molar-refractivity contribution is -0.155. The predicted molar refractivity (Wildman–Crippen MR) is 132 cm³/mol. The number of nitrogens with one attached hydrogen (secondary N) is 2. The van der Waals surface area contributed by atoms with Gasteiger partial charge in [-0.15, -0.1) is 0 Å². The summed E-state index contributed by atoms with van der Waals surface area (Å²) in [5.41, 5.74) is 9.80. The van der Waals surface area contributed by atoms with Crippen LogP contribution in [-0.2, 0) is 19.1 Å². The highest BCUT2D eigenvalue weighted by molar-refractivity contribution is 5.91. The van der Waals surface area contributed by atoms with Crippen LogP contribution in [0.4, 0.5) is 4.79 Å². The number of carbonyl (C=O) groups excluding carboxylic acids is 3. The van der Waals surface area contributed by atoms with E-state index in [4.69, 9.17) is 15.2 Å². The summed E-state index contributed by atoms with van der Waals surface area (Å²) in [4.78, 5) is 36.6. The van der Waals surface area contributed by atoms with Crippen molar-refractivity contribution in [3.8, 4) is 11.1 Å². The standard InChI is InChI=1S/C27H33N3O5/c1-34-25(32)27(14-8-15-27)30-24(31)23(28)13-6-7-16-29-26(33)35-17-22-20-11-4-2-9-18(20)19-10-3-5-12-21(19)22/h2-5,9-12,22-23H,6-8,13-17,28H2,1H3,(H,29,33)(H,30,31)/t23-/m0/s1. The largest absolute Gasteiger partial charge is 0.467 e. The SMILES string of the molecule is COC(=O)C1(NC(=O)[C@@H](N)CCCCNC(=O)OCC2c3ccccc3-c3ccccc32)CCC1. The van der Waals surface area contributed by atoms with Gasteiger partial charge in [-0.1, -0.05) is 48.5 Å². The first kappa shape index (κ1) is 24.7. The van der Waals surface area contributed by atoms with Gasteiger partial charge in [-0.2, -0.15) is 0 Å². The Morgan fingerprint density at radius 1 is 1.03 bits per heavy atom. The van der Waals surface area contributed by atoms with Gasteiger partial charge in [0.15, 0.2) is 0 Å². The molecule has 1 atom stereocenters. The molecule has 2 aromatic rings. The highest BCUT2D eigenvalue weighted by atomic mass is 16.5. The van der Waals surface area contributed by atoms with Gasteiger partial charge in [0.25, 0.3) is 0 Å². The minimum Gasteiger partial charge on any atom is -0.467 e. The molecule has 1 fully saturated rings. The number of rotatable bonds is 10. The van der Waals surface area contributed by atoms with Crippen LogP contribution < -0.4 is 16.4 Å². The first-order valence-electron chi connectivity index (χ1n) is 12.2. The van der Waals surface area contributed by atoms with Crippen LogP contribution in [-0.4, -0.2) is 49.8 Å². The van der Waals surface area contributed by atoms with Gasteiger partial charge in [0, 0.05) is 12.5 Å². The molecule has 35 heavy (non-hydrogen) atoms. The third-order valence-electron chi connectivity index (χ3n) is 7.04. The first-order valence-corrected chi connectivity index (χ1v) is 12.2.